The largest absolute Gasteiger partial charge is 0.406 e. The molecule has 7 heteroatoms. The lowest BCUT2D eigenvalue weighted by atomic mass is 10.1. The van der Waals surface area contributed by atoms with Crippen molar-refractivity contribution in [2.45, 2.75) is 13.1 Å². The summed E-state index contributed by atoms with van der Waals surface area (Å²) in [6.07, 6.45) is -4.51. The van der Waals surface area contributed by atoms with E-state index in [-0.39, 0.29) is 12.1 Å². The first-order valence-corrected chi connectivity index (χ1v) is 5.85. The second-order valence-electron chi connectivity index (χ2n) is 4.03. The average molecular weight is 296 g/mol. The standard InChI is InChI=1S/C12H13ClF3NO2/c1-8-6-9(2-3-10(8)13)11(19)17(4-5-18)7-12(14,15)16/h2-3,6,18H,4-5,7H2,1H3. The number of nitrogens with zero attached hydrogens (tertiary/aromatic N) is 1. The molecule has 106 valence electrons. The van der Waals surface area contributed by atoms with E-state index in [1.807, 2.05) is 0 Å². The average Bonchev–Trinajstić information content (AvgIpc) is 2.29. The van der Waals surface area contributed by atoms with E-state index < -0.39 is 25.2 Å². The van der Waals surface area contributed by atoms with Crippen molar-refractivity contribution in [3.63, 3.8) is 0 Å². The number of benzene rings is 1. The van der Waals surface area contributed by atoms with Gasteiger partial charge < -0.3 is 10.0 Å². The Morgan fingerprint density at radius 2 is 2.05 bits per heavy atom. The highest BCUT2D eigenvalue weighted by atomic mass is 35.5. The first-order valence-electron chi connectivity index (χ1n) is 5.47. The minimum absolute atomic E-state index is 0.111. The Morgan fingerprint density at radius 1 is 1.42 bits per heavy atom. The Kier molecular flexibility index (Phi) is 5.20. The number of aliphatic hydroxyl groups is 1. The van der Waals surface area contributed by atoms with Gasteiger partial charge in [0.1, 0.15) is 6.54 Å². The van der Waals surface area contributed by atoms with Gasteiger partial charge in [0.2, 0.25) is 0 Å². The summed E-state index contributed by atoms with van der Waals surface area (Å²) in [5.74, 6) is -0.786. The molecule has 1 amide bonds. The van der Waals surface area contributed by atoms with Crippen LogP contribution in [-0.2, 0) is 0 Å². The van der Waals surface area contributed by atoms with Gasteiger partial charge >= 0.3 is 6.18 Å². The molecule has 19 heavy (non-hydrogen) atoms. The summed E-state index contributed by atoms with van der Waals surface area (Å²) in [7, 11) is 0. The predicted molar refractivity (Wildman–Crippen MR) is 65.2 cm³/mol. The molecular weight excluding hydrogens is 283 g/mol. The fraction of sp³-hybridized carbons (Fsp3) is 0.417. The maximum Gasteiger partial charge on any atom is 0.406 e. The monoisotopic (exact) mass is 295 g/mol. The highest BCUT2D eigenvalue weighted by Crippen LogP contribution is 2.20. The number of aryl methyl sites for hydroxylation is 1. The van der Waals surface area contributed by atoms with E-state index in [0.29, 0.717) is 15.5 Å². The molecule has 0 atom stereocenters. The molecule has 0 aliphatic heterocycles. The van der Waals surface area contributed by atoms with E-state index in [4.69, 9.17) is 16.7 Å². The van der Waals surface area contributed by atoms with Crippen molar-refractivity contribution in [3.8, 4) is 0 Å². The third-order valence-corrected chi connectivity index (χ3v) is 2.86. The van der Waals surface area contributed by atoms with Crippen LogP contribution in [0.3, 0.4) is 0 Å². The highest BCUT2D eigenvalue weighted by molar-refractivity contribution is 6.31. The Balaban J connectivity index is 2.95. The molecule has 0 saturated heterocycles. The zero-order chi connectivity index (χ0) is 14.6. The second kappa shape index (κ2) is 6.25. The molecule has 0 bridgehead atoms. The van der Waals surface area contributed by atoms with Crippen LogP contribution in [0.15, 0.2) is 18.2 Å². The summed E-state index contributed by atoms with van der Waals surface area (Å²) in [6.45, 7) is -0.651. The van der Waals surface area contributed by atoms with Crippen molar-refractivity contribution < 1.29 is 23.1 Å². The van der Waals surface area contributed by atoms with Gasteiger partial charge in [-0.25, -0.2) is 0 Å². The van der Waals surface area contributed by atoms with Gasteiger partial charge in [-0.2, -0.15) is 13.2 Å². The summed E-state index contributed by atoms with van der Waals surface area (Å²) >= 11 is 5.79. The Morgan fingerprint density at radius 3 is 2.53 bits per heavy atom. The molecule has 0 fully saturated rings. The third-order valence-electron chi connectivity index (χ3n) is 2.43. The number of alkyl halides is 3. The van der Waals surface area contributed by atoms with Gasteiger partial charge in [-0.1, -0.05) is 11.6 Å². The minimum atomic E-state index is -4.51. The number of aliphatic hydroxyl groups excluding tert-OH is 1. The van der Waals surface area contributed by atoms with Crippen LogP contribution in [0.5, 0.6) is 0 Å². The lowest BCUT2D eigenvalue weighted by Crippen LogP contribution is -2.40. The molecule has 0 unspecified atom stereocenters. The molecule has 1 aromatic rings. The molecule has 0 aliphatic rings. The van der Waals surface area contributed by atoms with Crippen LogP contribution < -0.4 is 0 Å². The van der Waals surface area contributed by atoms with Crippen molar-refractivity contribution in [2.75, 3.05) is 19.7 Å². The maximum absolute atomic E-state index is 12.4. The van der Waals surface area contributed by atoms with Crippen LogP contribution in [-0.4, -0.2) is 41.8 Å². The third kappa shape index (κ3) is 4.72. The van der Waals surface area contributed by atoms with E-state index in [9.17, 15) is 18.0 Å². The van der Waals surface area contributed by atoms with Crippen molar-refractivity contribution in [1.82, 2.24) is 4.90 Å². The fourth-order valence-corrected chi connectivity index (χ4v) is 1.67. The highest BCUT2D eigenvalue weighted by Gasteiger charge is 2.33. The molecule has 0 radical (unpaired) electrons. The lowest BCUT2D eigenvalue weighted by Gasteiger charge is -2.23. The van der Waals surface area contributed by atoms with E-state index in [2.05, 4.69) is 0 Å². The number of halogens is 4. The topological polar surface area (TPSA) is 40.5 Å². The van der Waals surface area contributed by atoms with Crippen LogP contribution in [0, 0.1) is 6.92 Å². The summed E-state index contributed by atoms with van der Waals surface area (Å²) in [4.78, 5) is 12.5. The number of rotatable bonds is 4. The second-order valence-corrected chi connectivity index (χ2v) is 4.44. The first-order chi connectivity index (χ1) is 8.74. The molecule has 1 N–H and O–H groups in total. The van der Waals surface area contributed by atoms with Crippen LogP contribution >= 0.6 is 11.6 Å². The SMILES string of the molecule is Cc1cc(C(=O)N(CCO)CC(F)(F)F)ccc1Cl. The van der Waals surface area contributed by atoms with Crippen molar-refractivity contribution >= 4 is 17.5 Å². The van der Waals surface area contributed by atoms with Gasteiger partial charge in [-0.3, -0.25) is 4.79 Å². The van der Waals surface area contributed by atoms with Crippen LogP contribution in [0.25, 0.3) is 0 Å². The number of amides is 1. The van der Waals surface area contributed by atoms with Gasteiger partial charge in [-0.15, -0.1) is 0 Å². The molecular formula is C12H13ClF3NO2. The molecule has 0 aliphatic carbocycles. The van der Waals surface area contributed by atoms with Gasteiger partial charge in [0.15, 0.2) is 0 Å². The van der Waals surface area contributed by atoms with Crippen LogP contribution in [0.1, 0.15) is 15.9 Å². The molecule has 0 aromatic heterocycles. The van der Waals surface area contributed by atoms with E-state index in [0.717, 1.165) is 0 Å². The van der Waals surface area contributed by atoms with Gasteiger partial charge in [0.05, 0.1) is 6.61 Å². The molecule has 1 rings (SSSR count). The Bertz CT molecular complexity index is 463. The maximum atomic E-state index is 12.4. The fourth-order valence-electron chi connectivity index (χ4n) is 1.55. The Labute approximate surface area is 113 Å². The van der Waals surface area contributed by atoms with Crippen molar-refractivity contribution in [3.05, 3.63) is 34.3 Å². The summed E-state index contributed by atoms with van der Waals surface area (Å²) < 4.78 is 37.1. The van der Waals surface area contributed by atoms with Crippen LogP contribution in [0.2, 0.25) is 5.02 Å². The van der Waals surface area contributed by atoms with E-state index >= 15 is 0 Å². The van der Waals surface area contributed by atoms with E-state index in [1.54, 1.807) is 6.92 Å². The molecule has 3 nitrogen and oxygen atoms in total. The van der Waals surface area contributed by atoms with Crippen LogP contribution in [0.4, 0.5) is 13.2 Å². The van der Waals surface area contributed by atoms with Gasteiger partial charge in [0.25, 0.3) is 5.91 Å². The van der Waals surface area contributed by atoms with Crippen molar-refractivity contribution in [1.29, 1.82) is 0 Å². The number of hydrogen-bond donors (Lipinski definition) is 1. The molecule has 1 aromatic carbocycles. The smallest absolute Gasteiger partial charge is 0.395 e. The van der Waals surface area contributed by atoms with Gasteiger partial charge in [-0.05, 0) is 30.7 Å². The Hall–Kier alpha value is -1.27. The van der Waals surface area contributed by atoms with E-state index in [1.165, 1.54) is 18.2 Å². The number of carbonyl (C=O) groups excluding carboxylic acids is 1. The zero-order valence-electron chi connectivity index (χ0n) is 10.2. The summed E-state index contributed by atoms with van der Waals surface area (Å²) in [5.41, 5.74) is 0.711. The quantitative estimate of drug-likeness (QED) is 0.928. The summed E-state index contributed by atoms with van der Waals surface area (Å²) in [6, 6.07) is 4.23. The molecule has 0 saturated carbocycles. The van der Waals surface area contributed by atoms with Crippen molar-refractivity contribution in [2.24, 2.45) is 0 Å². The first kappa shape index (κ1) is 15.8. The predicted octanol–water partition coefficient (Wildman–Crippen LogP) is 2.65. The normalized spacial score (nSPS) is 11.5. The minimum Gasteiger partial charge on any atom is -0.395 e. The van der Waals surface area contributed by atoms with Gasteiger partial charge in [0, 0.05) is 17.1 Å². The zero-order valence-corrected chi connectivity index (χ0v) is 10.9. The lowest BCUT2D eigenvalue weighted by molar-refractivity contribution is -0.141. The number of hydrogen-bond acceptors (Lipinski definition) is 2. The number of carbonyl (C=O) groups is 1. The molecule has 0 heterocycles. The molecule has 0 spiro atoms. The summed E-state index contributed by atoms with van der Waals surface area (Å²) in [5, 5.41) is 9.18.